The number of unbranched alkanes of at least 4 members (excludes halogenated alkanes) is 1. The number of thiazole rings is 1. The average molecular weight is 650 g/mol. The van der Waals surface area contributed by atoms with Gasteiger partial charge in [0.05, 0.1) is 20.3 Å². The number of aromatic nitrogens is 1. The lowest BCUT2D eigenvalue weighted by molar-refractivity contribution is 0.0533. The third kappa shape index (κ3) is 12.8. The molecule has 1 heterocycles. The highest BCUT2D eigenvalue weighted by Gasteiger charge is 2.36. The zero-order valence-corrected chi connectivity index (χ0v) is 29.4. The van der Waals surface area contributed by atoms with Crippen LogP contribution in [0, 0.1) is 17.7 Å². The number of rotatable bonds is 14. The zero-order chi connectivity index (χ0) is 33.0. The van der Waals surface area contributed by atoms with E-state index in [1.54, 1.807) is 26.8 Å². The number of carbonyl (C=O) groups excluding carboxylic acids is 2. The minimum atomic E-state index is -1.74. The van der Waals surface area contributed by atoms with Crippen LogP contribution in [-0.4, -0.2) is 64.4 Å². The summed E-state index contributed by atoms with van der Waals surface area (Å²) in [4.78, 5) is 29.2. The first-order valence-electron chi connectivity index (χ1n) is 14.9. The Balaban J connectivity index is 1.81. The highest BCUT2D eigenvalue weighted by Crippen LogP contribution is 2.36. The van der Waals surface area contributed by atoms with Gasteiger partial charge in [0.2, 0.25) is 0 Å². The molecule has 244 valence electrons. The number of nitrogens with zero attached hydrogens (tertiary/aromatic N) is 1. The molecule has 0 unspecified atom stereocenters. The number of alkyl carbamates (subject to hydrolysis) is 1. The predicted octanol–water partition coefficient (Wildman–Crippen LogP) is 7.17. The Kier molecular flexibility index (Phi) is 14.1. The van der Waals surface area contributed by atoms with Crippen molar-refractivity contribution in [3.05, 3.63) is 40.2 Å². The van der Waals surface area contributed by atoms with E-state index >= 15 is 0 Å². The van der Waals surface area contributed by atoms with Gasteiger partial charge in [-0.15, -0.1) is 11.3 Å². The minimum Gasteiger partial charge on any atom is -0.491 e. The van der Waals surface area contributed by atoms with Gasteiger partial charge in [0, 0.05) is 23.6 Å². The van der Waals surface area contributed by atoms with Crippen LogP contribution in [-0.2, 0) is 20.3 Å². The van der Waals surface area contributed by atoms with Crippen molar-refractivity contribution in [3.63, 3.8) is 0 Å². The number of aryl methyl sites for hydroxylation is 1. The Hall–Kier alpha value is -3.14. The van der Waals surface area contributed by atoms with E-state index < -0.39 is 31.8 Å². The third-order valence-corrected chi connectivity index (χ3v) is 12.5. The number of carbonyl (C=O) groups is 2. The summed E-state index contributed by atoms with van der Waals surface area (Å²) in [5.41, 5.74) is 0.148. The smallest absolute Gasteiger partial charge is 0.408 e. The molecule has 0 aliphatic heterocycles. The van der Waals surface area contributed by atoms with Gasteiger partial charge in [0.1, 0.15) is 5.60 Å². The first-order valence-corrected chi connectivity index (χ1v) is 18.6. The zero-order valence-electron chi connectivity index (χ0n) is 27.6. The lowest BCUT2D eigenvalue weighted by atomic mass is 10.2. The first-order chi connectivity index (χ1) is 20.5. The van der Waals surface area contributed by atoms with Crippen LogP contribution in [0.5, 0.6) is 5.75 Å². The van der Waals surface area contributed by atoms with Gasteiger partial charge >= 0.3 is 12.1 Å². The number of hydrogen-bond donors (Lipinski definition) is 2. The molecule has 0 radical (unpaired) electrons. The molecule has 0 aliphatic carbocycles. The topological polar surface area (TPSA) is 108 Å². The van der Waals surface area contributed by atoms with Crippen molar-refractivity contribution in [2.75, 3.05) is 38.7 Å². The van der Waals surface area contributed by atoms with E-state index in [9.17, 15) is 14.0 Å². The Bertz CT molecular complexity index is 1310. The van der Waals surface area contributed by atoms with E-state index in [0.29, 0.717) is 23.5 Å². The second-order valence-corrected chi connectivity index (χ2v) is 18.7. The van der Waals surface area contributed by atoms with Crippen LogP contribution in [0.3, 0.4) is 0 Å². The van der Waals surface area contributed by atoms with Gasteiger partial charge in [0.15, 0.2) is 30.7 Å². The van der Waals surface area contributed by atoms with Crippen molar-refractivity contribution in [1.82, 2.24) is 10.3 Å². The van der Waals surface area contributed by atoms with Crippen LogP contribution < -0.4 is 15.4 Å². The standard InChI is InChI=1S/C32H48FN3O6SSi/c1-31(2,3)42-30(38)35-19-12-14-23-16-17-25(24(33)22-23)40-20-13-15-26-27(28(37)39-7)36-29(43-26)34-18-10-11-21-41-44(8,9)32(4,5)6/h16-17,22H,10-11,13,15,18-21H2,1-9H3,(H,34,36)(H,35,38). The second-order valence-electron chi connectivity index (χ2n) is 12.8. The number of esters is 1. The molecule has 0 fully saturated rings. The Morgan fingerprint density at radius 1 is 1.07 bits per heavy atom. The van der Waals surface area contributed by atoms with E-state index in [1.807, 2.05) is 0 Å². The van der Waals surface area contributed by atoms with Crippen LogP contribution in [0.1, 0.15) is 81.7 Å². The largest absolute Gasteiger partial charge is 0.491 e. The molecule has 12 heteroatoms. The van der Waals surface area contributed by atoms with Crippen LogP contribution >= 0.6 is 11.3 Å². The van der Waals surface area contributed by atoms with Crippen molar-refractivity contribution in [2.24, 2.45) is 0 Å². The van der Waals surface area contributed by atoms with E-state index in [0.717, 1.165) is 30.9 Å². The molecule has 0 bridgehead atoms. The van der Waals surface area contributed by atoms with Gasteiger partial charge in [-0.25, -0.2) is 19.0 Å². The lowest BCUT2D eigenvalue weighted by Crippen LogP contribution is -2.41. The molecule has 2 rings (SSSR count). The van der Waals surface area contributed by atoms with Crippen LogP contribution in [0.2, 0.25) is 18.1 Å². The van der Waals surface area contributed by atoms with Gasteiger partial charge in [-0.05, 0) is 82.8 Å². The van der Waals surface area contributed by atoms with Crippen molar-refractivity contribution < 1.29 is 32.6 Å². The summed E-state index contributed by atoms with van der Waals surface area (Å²) in [7, 11) is -0.411. The molecule has 44 heavy (non-hydrogen) atoms. The van der Waals surface area contributed by atoms with Crippen LogP contribution in [0.25, 0.3) is 0 Å². The maximum absolute atomic E-state index is 14.6. The second kappa shape index (κ2) is 16.8. The van der Waals surface area contributed by atoms with Gasteiger partial charge in [0.25, 0.3) is 0 Å². The summed E-state index contributed by atoms with van der Waals surface area (Å²) >= 11 is 1.41. The third-order valence-electron chi connectivity index (χ3n) is 6.88. The van der Waals surface area contributed by atoms with Crippen molar-refractivity contribution in [2.45, 2.75) is 91.0 Å². The molecule has 0 spiro atoms. The lowest BCUT2D eigenvalue weighted by Gasteiger charge is -2.36. The van der Waals surface area contributed by atoms with Crippen molar-refractivity contribution >= 4 is 36.8 Å². The van der Waals surface area contributed by atoms with E-state index in [-0.39, 0.29) is 29.6 Å². The quantitative estimate of drug-likeness (QED) is 0.0960. The van der Waals surface area contributed by atoms with Crippen molar-refractivity contribution in [1.29, 1.82) is 0 Å². The summed E-state index contributed by atoms with van der Waals surface area (Å²) in [6, 6.07) is 4.45. The highest BCUT2D eigenvalue weighted by molar-refractivity contribution is 7.15. The van der Waals surface area contributed by atoms with E-state index in [2.05, 4.69) is 61.3 Å². The van der Waals surface area contributed by atoms with Gasteiger partial charge in [-0.2, -0.15) is 0 Å². The van der Waals surface area contributed by atoms with Crippen LogP contribution in [0.4, 0.5) is 14.3 Å². The fraction of sp³-hybridized carbons (Fsp3) is 0.594. The molecular weight excluding hydrogens is 602 g/mol. The Morgan fingerprint density at radius 3 is 2.43 bits per heavy atom. The molecule has 0 saturated carbocycles. The molecular formula is C32H48FN3O6SSi. The molecule has 0 saturated heterocycles. The number of methoxy groups -OCH3 is 1. The Morgan fingerprint density at radius 2 is 1.80 bits per heavy atom. The summed E-state index contributed by atoms with van der Waals surface area (Å²) in [6.07, 6.45) is 2.37. The van der Waals surface area contributed by atoms with Crippen LogP contribution in [0.15, 0.2) is 18.2 Å². The van der Waals surface area contributed by atoms with Gasteiger partial charge < -0.3 is 29.3 Å². The molecule has 9 nitrogen and oxygen atoms in total. The normalized spacial score (nSPS) is 11.8. The van der Waals surface area contributed by atoms with E-state index in [4.69, 9.17) is 18.6 Å². The number of nitrogens with one attached hydrogen (secondary N) is 2. The average Bonchev–Trinajstić information content (AvgIpc) is 3.32. The van der Waals surface area contributed by atoms with Gasteiger partial charge in [-0.3, -0.25) is 0 Å². The Labute approximate surface area is 266 Å². The fourth-order valence-corrected chi connectivity index (χ4v) is 5.61. The number of benzene rings is 1. The molecule has 2 aromatic rings. The maximum Gasteiger partial charge on any atom is 0.408 e. The molecule has 0 atom stereocenters. The molecule has 1 amide bonds. The fourth-order valence-electron chi connectivity index (χ4n) is 3.51. The summed E-state index contributed by atoms with van der Waals surface area (Å²) in [5, 5.41) is 6.70. The summed E-state index contributed by atoms with van der Waals surface area (Å²) < 4.78 is 36.5. The number of anilines is 1. The number of hydrogen-bond acceptors (Lipinski definition) is 9. The minimum absolute atomic E-state index is 0.0730. The molecule has 0 aliphatic rings. The summed E-state index contributed by atoms with van der Waals surface area (Å²) in [5.74, 6) is 4.66. The summed E-state index contributed by atoms with van der Waals surface area (Å²) in [6.45, 7) is 18.3. The molecule has 1 aromatic carbocycles. The monoisotopic (exact) mass is 649 g/mol. The maximum atomic E-state index is 14.6. The van der Waals surface area contributed by atoms with Gasteiger partial charge in [-0.1, -0.05) is 32.6 Å². The molecule has 2 N–H and O–H groups in total. The predicted molar refractivity (Wildman–Crippen MR) is 176 cm³/mol. The highest BCUT2D eigenvalue weighted by atomic mass is 32.1. The van der Waals surface area contributed by atoms with E-state index in [1.165, 1.54) is 30.6 Å². The number of ether oxygens (including phenoxy) is 3. The number of halogens is 1. The number of amides is 1. The first kappa shape index (κ1) is 37.0. The SMILES string of the molecule is COC(=O)c1nc(NCCCCO[Si](C)(C)C(C)(C)C)sc1CCCOc1ccc(C#CCNC(=O)OC(C)(C)C)cc1F. The van der Waals surface area contributed by atoms with Crippen molar-refractivity contribution in [3.8, 4) is 17.6 Å². The molecule has 1 aromatic heterocycles.